The third-order valence-electron chi connectivity index (χ3n) is 3.45. The average Bonchev–Trinajstić information content (AvgIpc) is 2.88. The van der Waals surface area contributed by atoms with E-state index in [9.17, 15) is 17.6 Å². The summed E-state index contributed by atoms with van der Waals surface area (Å²) in [5.41, 5.74) is 0.553. The molecule has 0 amide bonds. The lowest BCUT2D eigenvalue weighted by Gasteiger charge is -2.13. The summed E-state index contributed by atoms with van der Waals surface area (Å²) in [5.74, 6) is -0.864. The van der Waals surface area contributed by atoms with E-state index >= 15 is 0 Å². The van der Waals surface area contributed by atoms with E-state index in [1.54, 1.807) is 0 Å². The van der Waals surface area contributed by atoms with Gasteiger partial charge < -0.3 is 5.32 Å². The van der Waals surface area contributed by atoms with Crippen LogP contribution in [0.4, 0.5) is 17.6 Å². The summed E-state index contributed by atoms with van der Waals surface area (Å²) < 4.78 is 51.3. The Labute approximate surface area is 115 Å². The fraction of sp³-hybridized carbons (Fsp3) is 0.467. The van der Waals surface area contributed by atoms with Crippen molar-refractivity contribution in [3.05, 3.63) is 46.8 Å². The van der Waals surface area contributed by atoms with Gasteiger partial charge >= 0.3 is 6.18 Å². The molecule has 0 bridgehead atoms. The highest BCUT2D eigenvalue weighted by molar-refractivity contribution is 5.30. The predicted molar refractivity (Wildman–Crippen MR) is 69.7 cm³/mol. The quantitative estimate of drug-likeness (QED) is 0.480. The summed E-state index contributed by atoms with van der Waals surface area (Å²) in [4.78, 5) is 0. The van der Waals surface area contributed by atoms with Crippen LogP contribution >= 0.6 is 0 Å². The van der Waals surface area contributed by atoms with Gasteiger partial charge in [0.2, 0.25) is 0 Å². The fourth-order valence-corrected chi connectivity index (χ4v) is 2.40. The lowest BCUT2D eigenvalue weighted by Crippen LogP contribution is -2.19. The molecule has 2 rings (SSSR count). The topological polar surface area (TPSA) is 12.0 Å². The van der Waals surface area contributed by atoms with Gasteiger partial charge in [0.25, 0.3) is 0 Å². The number of alkyl halides is 3. The molecule has 0 radical (unpaired) electrons. The highest BCUT2D eigenvalue weighted by Crippen LogP contribution is 2.32. The summed E-state index contributed by atoms with van der Waals surface area (Å²) in [5, 5.41) is 3.00. The van der Waals surface area contributed by atoms with Crippen LogP contribution in [0.1, 0.15) is 36.8 Å². The van der Waals surface area contributed by atoms with Crippen LogP contribution in [0, 0.1) is 5.82 Å². The summed E-state index contributed by atoms with van der Waals surface area (Å²) in [6.45, 7) is 0.739. The van der Waals surface area contributed by atoms with Gasteiger partial charge in [-0.2, -0.15) is 13.2 Å². The van der Waals surface area contributed by atoms with E-state index in [2.05, 4.69) is 11.4 Å². The number of hydrogen-bond donors (Lipinski definition) is 1. The Hall–Kier alpha value is -1.36. The van der Waals surface area contributed by atoms with Crippen molar-refractivity contribution in [2.24, 2.45) is 0 Å². The largest absolute Gasteiger partial charge is 0.416 e. The molecule has 5 heteroatoms. The second kappa shape index (κ2) is 6.39. The molecule has 1 nitrogen and oxygen atoms in total. The highest BCUT2D eigenvalue weighted by Gasteiger charge is 2.33. The first kappa shape index (κ1) is 15.0. The Morgan fingerprint density at radius 3 is 2.65 bits per heavy atom. The van der Waals surface area contributed by atoms with Crippen molar-refractivity contribution < 1.29 is 17.6 Å². The van der Waals surface area contributed by atoms with Crippen LogP contribution < -0.4 is 5.32 Å². The fourth-order valence-electron chi connectivity index (χ4n) is 2.40. The Morgan fingerprint density at radius 1 is 1.20 bits per heavy atom. The molecule has 0 heterocycles. The van der Waals surface area contributed by atoms with Gasteiger partial charge in [-0.15, -0.1) is 0 Å². The zero-order chi connectivity index (χ0) is 14.6. The molecule has 0 saturated heterocycles. The predicted octanol–water partition coefficient (Wildman–Crippen LogP) is 4.43. The molecule has 1 aliphatic rings. The van der Waals surface area contributed by atoms with Gasteiger partial charge in [0.15, 0.2) is 0 Å². The molecule has 0 unspecified atom stereocenters. The molecule has 20 heavy (non-hydrogen) atoms. The van der Waals surface area contributed by atoms with Gasteiger partial charge in [-0.3, -0.25) is 0 Å². The van der Waals surface area contributed by atoms with Gasteiger partial charge in [0.05, 0.1) is 5.56 Å². The summed E-state index contributed by atoms with van der Waals surface area (Å²) in [6.07, 6.45) is 1.90. The molecule has 0 atom stereocenters. The third kappa shape index (κ3) is 4.07. The van der Waals surface area contributed by atoms with Gasteiger partial charge in [0.1, 0.15) is 5.82 Å². The van der Waals surface area contributed by atoms with E-state index < -0.39 is 17.6 Å². The lowest BCUT2D eigenvalue weighted by atomic mass is 10.1. The summed E-state index contributed by atoms with van der Waals surface area (Å²) in [6, 6.07) is 2.81. The second-order valence-corrected chi connectivity index (χ2v) is 4.98. The molecule has 1 aromatic rings. The number of halogens is 4. The Bertz CT molecular complexity index is 491. The summed E-state index contributed by atoms with van der Waals surface area (Å²) in [7, 11) is 0. The number of rotatable bonds is 5. The molecule has 110 valence electrons. The molecule has 1 aromatic carbocycles. The molecule has 0 saturated carbocycles. The van der Waals surface area contributed by atoms with Crippen molar-refractivity contribution in [1.82, 2.24) is 5.32 Å². The Balaban J connectivity index is 1.92. The average molecular weight is 287 g/mol. The van der Waals surface area contributed by atoms with Crippen molar-refractivity contribution >= 4 is 0 Å². The standard InChI is InChI=1S/C15H17F4N/c16-13-6-5-12(14(9-13)15(17,18)19)10-20-8-7-11-3-1-2-4-11/h3,5-6,9,20H,1-2,4,7-8,10H2. The molecule has 0 spiro atoms. The number of nitrogens with one attached hydrogen (secondary N) is 1. The van der Waals surface area contributed by atoms with E-state index in [4.69, 9.17) is 0 Å². The first-order valence-corrected chi connectivity index (χ1v) is 6.71. The molecule has 0 aliphatic heterocycles. The number of allylic oxidation sites excluding steroid dienone is 1. The van der Waals surface area contributed by atoms with Crippen molar-refractivity contribution in [1.29, 1.82) is 0 Å². The first-order valence-electron chi connectivity index (χ1n) is 6.71. The van der Waals surface area contributed by atoms with E-state index in [0.717, 1.165) is 25.3 Å². The van der Waals surface area contributed by atoms with Crippen LogP contribution in [-0.2, 0) is 12.7 Å². The lowest BCUT2D eigenvalue weighted by molar-refractivity contribution is -0.138. The van der Waals surface area contributed by atoms with Gasteiger partial charge in [-0.05, 0) is 49.9 Å². The van der Waals surface area contributed by atoms with Crippen molar-refractivity contribution in [2.75, 3.05) is 6.54 Å². The zero-order valence-electron chi connectivity index (χ0n) is 11.1. The first-order chi connectivity index (χ1) is 9.47. The molecule has 1 aliphatic carbocycles. The monoisotopic (exact) mass is 287 g/mol. The van der Waals surface area contributed by atoms with Crippen LogP contribution in [0.5, 0.6) is 0 Å². The summed E-state index contributed by atoms with van der Waals surface area (Å²) >= 11 is 0. The van der Waals surface area contributed by atoms with E-state index in [1.807, 2.05) is 0 Å². The van der Waals surface area contributed by atoms with E-state index in [0.29, 0.717) is 12.6 Å². The van der Waals surface area contributed by atoms with Crippen LogP contribution in [-0.4, -0.2) is 6.54 Å². The Kier molecular flexibility index (Phi) is 4.81. The highest BCUT2D eigenvalue weighted by atomic mass is 19.4. The van der Waals surface area contributed by atoms with Gasteiger partial charge in [-0.1, -0.05) is 17.7 Å². The van der Waals surface area contributed by atoms with Crippen molar-refractivity contribution in [2.45, 2.75) is 38.4 Å². The second-order valence-electron chi connectivity index (χ2n) is 4.98. The van der Waals surface area contributed by atoms with Crippen LogP contribution in [0.2, 0.25) is 0 Å². The minimum atomic E-state index is -4.52. The van der Waals surface area contributed by atoms with Crippen molar-refractivity contribution in [3.8, 4) is 0 Å². The van der Waals surface area contributed by atoms with Gasteiger partial charge in [-0.25, -0.2) is 4.39 Å². The molecular weight excluding hydrogens is 270 g/mol. The zero-order valence-corrected chi connectivity index (χ0v) is 11.1. The van der Waals surface area contributed by atoms with Gasteiger partial charge in [0, 0.05) is 6.54 Å². The maximum absolute atomic E-state index is 12.9. The SMILES string of the molecule is Fc1ccc(CNCCC2=CCCC2)c(C(F)(F)F)c1. The number of benzene rings is 1. The van der Waals surface area contributed by atoms with E-state index in [-0.39, 0.29) is 12.1 Å². The molecule has 0 aromatic heterocycles. The van der Waals surface area contributed by atoms with Crippen LogP contribution in [0.3, 0.4) is 0 Å². The maximum atomic E-state index is 12.9. The van der Waals surface area contributed by atoms with Crippen molar-refractivity contribution in [3.63, 3.8) is 0 Å². The molecule has 1 N–H and O–H groups in total. The molecular formula is C15H17F4N. The van der Waals surface area contributed by atoms with E-state index in [1.165, 1.54) is 18.1 Å². The third-order valence-corrected chi connectivity index (χ3v) is 3.45. The smallest absolute Gasteiger partial charge is 0.312 e. The molecule has 0 fully saturated rings. The number of hydrogen-bond acceptors (Lipinski definition) is 1. The maximum Gasteiger partial charge on any atom is 0.416 e. The Morgan fingerprint density at radius 2 is 2.00 bits per heavy atom. The minimum absolute atomic E-state index is 0.0827. The van der Waals surface area contributed by atoms with Crippen LogP contribution in [0.15, 0.2) is 29.8 Å². The van der Waals surface area contributed by atoms with Crippen LogP contribution in [0.25, 0.3) is 0 Å². The minimum Gasteiger partial charge on any atom is -0.312 e. The normalized spacial score (nSPS) is 15.5.